The molecule has 4 heteroatoms. The monoisotopic (exact) mass is 222 g/mol. The van der Waals surface area contributed by atoms with Crippen LogP contribution in [0.15, 0.2) is 12.4 Å². The van der Waals surface area contributed by atoms with E-state index in [-0.39, 0.29) is 0 Å². The number of piperidine rings is 1. The van der Waals surface area contributed by atoms with Crippen LogP contribution >= 0.6 is 0 Å². The van der Waals surface area contributed by atoms with Crippen LogP contribution in [0, 0.1) is 0 Å². The summed E-state index contributed by atoms with van der Waals surface area (Å²) in [7, 11) is 2.06. The first-order valence-corrected chi connectivity index (χ1v) is 6.21. The van der Waals surface area contributed by atoms with Gasteiger partial charge in [0.2, 0.25) is 0 Å². The van der Waals surface area contributed by atoms with Gasteiger partial charge >= 0.3 is 0 Å². The van der Waals surface area contributed by atoms with Crippen LogP contribution in [-0.2, 0) is 6.54 Å². The summed E-state index contributed by atoms with van der Waals surface area (Å²) in [4.78, 5) is 2.47. The van der Waals surface area contributed by atoms with Crippen LogP contribution in [-0.4, -0.2) is 35.5 Å². The predicted molar refractivity (Wildman–Crippen MR) is 66.8 cm³/mol. The third kappa shape index (κ3) is 2.21. The molecule has 1 aliphatic rings. The number of hydrogen-bond donors (Lipinski definition) is 1. The summed E-state index contributed by atoms with van der Waals surface area (Å²) < 4.78 is 1.99. The second kappa shape index (κ2) is 4.87. The molecule has 0 radical (unpaired) electrons. The largest absolute Gasteiger partial charge is 0.366 e. The predicted octanol–water partition coefficient (Wildman–Crippen LogP) is 1.48. The van der Waals surface area contributed by atoms with Gasteiger partial charge < -0.3 is 10.2 Å². The number of nitrogens with zero attached hydrogens (tertiary/aromatic N) is 3. The van der Waals surface area contributed by atoms with E-state index in [2.05, 4.69) is 42.4 Å². The molecular formula is C12H22N4. The zero-order chi connectivity index (χ0) is 11.5. The quantitative estimate of drug-likeness (QED) is 0.841. The smallest absolute Gasteiger partial charge is 0.0754 e. The number of hydrogen-bond acceptors (Lipinski definition) is 3. The molecule has 2 rings (SSSR count). The molecule has 4 nitrogen and oxygen atoms in total. The summed E-state index contributed by atoms with van der Waals surface area (Å²) in [5.41, 5.74) is 1.27. The van der Waals surface area contributed by atoms with Crippen LogP contribution in [0.1, 0.15) is 26.7 Å². The average molecular weight is 222 g/mol. The first kappa shape index (κ1) is 11.5. The summed E-state index contributed by atoms with van der Waals surface area (Å²) >= 11 is 0. The van der Waals surface area contributed by atoms with E-state index >= 15 is 0 Å². The Labute approximate surface area is 97.6 Å². The topological polar surface area (TPSA) is 33.1 Å². The molecule has 1 aliphatic heterocycles. The van der Waals surface area contributed by atoms with Gasteiger partial charge in [0.1, 0.15) is 0 Å². The molecule has 1 aromatic rings. The van der Waals surface area contributed by atoms with Crippen molar-refractivity contribution in [3.05, 3.63) is 12.4 Å². The minimum atomic E-state index is 0.598. The fraction of sp³-hybridized carbons (Fsp3) is 0.750. The van der Waals surface area contributed by atoms with Gasteiger partial charge in [-0.05, 0) is 33.7 Å². The van der Waals surface area contributed by atoms with Crippen molar-refractivity contribution in [3.8, 4) is 0 Å². The lowest BCUT2D eigenvalue weighted by atomic mass is 9.98. The molecule has 1 saturated heterocycles. The van der Waals surface area contributed by atoms with Gasteiger partial charge in [-0.1, -0.05) is 0 Å². The van der Waals surface area contributed by atoms with Gasteiger partial charge in [0.05, 0.1) is 11.9 Å². The molecule has 90 valence electrons. The summed E-state index contributed by atoms with van der Waals surface area (Å²) in [6.45, 7) is 6.49. The molecule has 1 fully saturated rings. The second-order valence-corrected chi connectivity index (χ2v) is 4.61. The lowest BCUT2D eigenvalue weighted by Gasteiger charge is -2.38. The van der Waals surface area contributed by atoms with Gasteiger partial charge in [0, 0.05) is 31.4 Å². The Balaban J connectivity index is 2.04. The Hall–Kier alpha value is -1.03. The van der Waals surface area contributed by atoms with Crippen molar-refractivity contribution in [2.24, 2.45) is 0 Å². The molecule has 0 aromatic carbocycles. The van der Waals surface area contributed by atoms with E-state index in [1.165, 1.54) is 18.5 Å². The van der Waals surface area contributed by atoms with Crippen molar-refractivity contribution in [3.63, 3.8) is 0 Å². The standard InChI is InChI=1S/C12H22N4/c1-4-15-9-12(8-14-15)16-6-5-11(13-3)7-10(16)2/h8-11,13H,4-7H2,1-3H3. The number of anilines is 1. The van der Waals surface area contributed by atoms with Crippen molar-refractivity contribution in [2.75, 3.05) is 18.5 Å². The molecule has 0 spiro atoms. The molecule has 0 bridgehead atoms. The molecule has 1 aromatic heterocycles. The van der Waals surface area contributed by atoms with E-state index in [1.807, 2.05) is 10.9 Å². The fourth-order valence-electron chi connectivity index (χ4n) is 2.49. The van der Waals surface area contributed by atoms with E-state index in [4.69, 9.17) is 0 Å². The zero-order valence-corrected chi connectivity index (χ0v) is 10.5. The van der Waals surface area contributed by atoms with Crippen LogP contribution in [0.4, 0.5) is 5.69 Å². The van der Waals surface area contributed by atoms with Gasteiger partial charge in [-0.2, -0.15) is 5.10 Å². The summed E-state index contributed by atoms with van der Waals surface area (Å²) in [5.74, 6) is 0. The third-order valence-electron chi connectivity index (χ3n) is 3.56. The first-order valence-electron chi connectivity index (χ1n) is 6.21. The Morgan fingerprint density at radius 3 is 2.94 bits per heavy atom. The van der Waals surface area contributed by atoms with Gasteiger partial charge in [-0.25, -0.2) is 0 Å². The Morgan fingerprint density at radius 2 is 2.38 bits per heavy atom. The first-order chi connectivity index (χ1) is 7.74. The number of rotatable bonds is 3. The van der Waals surface area contributed by atoms with Crippen LogP contribution in [0.25, 0.3) is 0 Å². The molecule has 0 amide bonds. The molecule has 16 heavy (non-hydrogen) atoms. The van der Waals surface area contributed by atoms with Gasteiger partial charge in [0.25, 0.3) is 0 Å². The molecule has 1 N–H and O–H groups in total. The van der Waals surface area contributed by atoms with Crippen molar-refractivity contribution >= 4 is 5.69 Å². The van der Waals surface area contributed by atoms with E-state index in [0.29, 0.717) is 12.1 Å². The van der Waals surface area contributed by atoms with Gasteiger partial charge in [-0.15, -0.1) is 0 Å². The van der Waals surface area contributed by atoms with Crippen molar-refractivity contribution in [2.45, 2.75) is 45.3 Å². The minimum Gasteiger partial charge on any atom is -0.366 e. The third-order valence-corrected chi connectivity index (χ3v) is 3.56. The lowest BCUT2D eigenvalue weighted by Crippen LogP contribution is -2.46. The maximum absolute atomic E-state index is 4.34. The Bertz CT molecular complexity index is 334. The molecule has 0 saturated carbocycles. The zero-order valence-electron chi connectivity index (χ0n) is 10.5. The SMILES string of the molecule is CCn1cc(N2CCC(NC)CC2C)cn1. The minimum absolute atomic E-state index is 0.598. The van der Waals surface area contributed by atoms with E-state index < -0.39 is 0 Å². The van der Waals surface area contributed by atoms with Crippen LogP contribution in [0.5, 0.6) is 0 Å². The molecule has 2 unspecified atom stereocenters. The maximum atomic E-state index is 4.34. The fourth-order valence-corrected chi connectivity index (χ4v) is 2.49. The normalized spacial score (nSPS) is 26.1. The average Bonchev–Trinajstić information content (AvgIpc) is 2.77. The summed E-state index contributed by atoms with van der Waals surface area (Å²) in [6, 6.07) is 1.27. The molecule has 0 aliphatic carbocycles. The second-order valence-electron chi connectivity index (χ2n) is 4.61. The van der Waals surface area contributed by atoms with Gasteiger partial charge in [0.15, 0.2) is 0 Å². The summed E-state index contributed by atoms with van der Waals surface area (Å²) in [6.07, 6.45) is 6.57. The highest BCUT2D eigenvalue weighted by Gasteiger charge is 2.25. The Kier molecular flexibility index (Phi) is 3.49. The van der Waals surface area contributed by atoms with Crippen LogP contribution in [0.3, 0.4) is 0 Å². The van der Waals surface area contributed by atoms with Gasteiger partial charge in [-0.3, -0.25) is 4.68 Å². The number of nitrogens with one attached hydrogen (secondary N) is 1. The highest BCUT2D eigenvalue weighted by Crippen LogP contribution is 2.24. The summed E-state index contributed by atoms with van der Waals surface area (Å²) in [5, 5.41) is 7.72. The lowest BCUT2D eigenvalue weighted by molar-refractivity contribution is 0.387. The van der Waals surface area contributed by atoms with Crippen LogP contribution < -0.4 is 10.2 Å². The van der Waals surface area contributed by atoms with E-state index in [0.717, 1.165) is 13.1 Å². The molecule has 2 atom stereocenters. The van der Waals surface area contributed by atoms with Crippen LogP contribution in [0.2, 0.25) is 0 Å². The highest BCUT2D eigenvalue weighted by molar-refractivity contribution is 5.44. The number of aryl methyl sites for hydroxylation is 1. The Morgan fingerprint density at radius 1 is 1.56 bits per heavy atom. The molecule has 2 heterocycles. The highest BCUT2D eigenvalue weighted by atomic mass is 15.3. The van der Waals surface area contributed by atoms with Crippen molar-refractivity contribution in [1.82, 2.24) is 15.1 Å². The molecular weight excluding hydrogens is 200 g/mol. The van der Waals surface area contributed by atoms with Crippen molar-refractivity contribution < 1.29 is 0 Å². The number of aromatic nitrogens is 2. The van der Waals surface area contributed by atoms with Crippen molar-refractivity contribution in [1.29, 1.82) is 0 Å². The maximum Gasteiger partial charge on any atom is 0.0754 e. The van der Waals surface area contributed by atoms with E-state index in [9.17, 15) is 0 Å². The van der Waals surface area contributed by atoms with E-state index in [1.54, 1.807) is 0 Å².